The van der Waals surface area contributed by atoms with E-state index in [-0.39, 0.29) is 30.8 Å². The average Bonchev–Trinajstić information content (AvgIpc) is 2.83. The highest BCUT2D eigenvalue weighted by Gasteiger charge is 2.20. The summed E-state index contributed by atoms with van der Waals surface area (Å²) in [6, 6.07) is 10.2. The SMILES string of the molecule is O=C(CN(CCCN1CCOCC1)C(=O)O)NCc1ccc(Cl)cc1C(=O)c1ccccc1F. The Labute approximate surface area is 202 Å². The predicted octanol–water partition coefficient (Wildman–Crippen LogP) is 3.03. The third-order valence-corrected chi connectivity index (χ3v) is 5.76. The van der Waals surface area contributed by atoms with Gasteiger partial charge in [-0.2, -0.15) is 0 Å². The first-order valence-corrected chi connectivity index (χ1v) is 11.4. The van der Waals surface area contributed by atoms with Crippen LogP contribution in [0.3, 0.4) is 0 Å². The molecule has 0 atom stereocenters. The fraction of sp³-hybridized carbons (Fsp3) is 0.375. The minimum atomic E-state index is -1.18. The molecule has 182 valence electrons. The fourth-order valence-corrected chi connectivity index (χ4v) is 3.85. The molecule has 0 bridgehead atoms. The van der Waals surface area contributed by atoms with Gasteiger partial charge >= 0.3 is 6.09 Å². The van der Waals surface area contributed by atoms with E-state index < -0.39 is 23.6 Å². The van der Waals surface area contributed by atoms with E-state index in [1.54, 1.807) is 18.2 Å². The number of halogens is 2. The molecular formula is C24H27ClFN3O5. The molecule has 0 radical (unpaired) electrons. The highest BCUT2D eigenvalue weighted by molar-refractivity contribution is 6.31. The molecule has 0 aromatic heterocycles. The number of rotatable bonds is 10. The number of benzene rings is 2. The quantitative estimate of drug-likeness (QED) is 0.496. The van der Waals surface area contributed by atoms with Crippen LogP contribution in [-0.2, 0) is 16.1 Å². The van der Waals surface area contributed by atoms with Crippen LogP contribution in [0.4, 0.5) is 9.18 Å². The van der Waals surface area contributed by atoms with Gasteiger partial charge in [-0.1, -0.05) is 29.8 Å². The molecule has 1 saturated heterocycles. The fourth-order valence-electron chi connectivity index (χ4n) is 3.68. The van der Waals surface area contributed by atoms with Gasteiger partial charge in [-0.3, -0.25) is 19.4 Å². The Kier molecular flexibility index (Phi) is 9.38. The second kappa shape index (κ2) is 12.5. The van der Waals surface area contributed by atoms with Gasteiger partial charge in [0.1, 0.15) is 12.4 Å². The summed E-state index contributed by atoms with van der Waals surface area (Å²) in [6.45, 7) is 3.52. The molecule has 0 aliphatic carbocycles. The number of carbonyl (C=O) groups is 3. The molecule has 3 rings (SSSR count). The van der Waals surface area contributed by atoms with Crippen molar-refractivity contribution in [2.24, 2.45) is 0 Å². The summed E-state index contributed by atoms with van der Waals surface area (Å²) in [4.78, 5) is 40.2. The number of nitrogens with one attached hydrogen (secondary N) is 1. The van der Waals surface area contributed by atoms with Crippen LogP contribution in [0.15, 0.2) is 42.5 Å². The van der Waals surface area contributed by atoms with Crippen LogP contribution in [0.1, 0.15) is 27.9 Å². The van der Waals surface area contributed by atoms with Crippen molar-refractivity contribution in [1.82, 2.24) is 15.1 Å². The highest BCUT2D eigenvalue weighted by Crippen LogP contribution is 2.21. The smallest absolute Gasteiger partial charge is 0.407 e. The number of carboxylic acid groups (broad SMARTS) is 1. The Morgan fingerprint density at radius 2 is 1.85 bits per heavy atom. The summed E-state index contributed by atoms with van der Waals surface area (Å²) in [7, 11) is 0. The number of ketones is 1. The van der Waals surface area contributed by atoms with Gasteiger partial charge in [0, 0.05) is 43.3 Å². The summed E-state index contributed by atoms with van der Waals surface area (Å²) in [5, 5.41) is 12.4. The predicted molar refractivity (Wildman–Crippen MR) is 125 cm³/mol. The lowest BCUT2D eigenvalue weighted by Gasteiger charge is -2.27. The number of carbonyl (C=O) groups excluding carboxylic acids is 2. The van der Waals surface area contributed by atoms with Crippen molar-refractivity contribution in [2.75, 3.05) is 45.9 Å². The molecule has 1 aliphatic heterocycles. The lowest BCUT2D eigenvalue weighted by molar-refractivity contribution is -0.122. The standard InChI is InChI=1S/C24H27ClFN3O5/c25-18-7-6-17(20(14-18)23(31)19-4-1-2-5-21(19)26)15-27-22(30)16-29(24(32)33)9-3-8-28-10-12-34-13-11-28/h1-2,4-7,14H,3,8-13,15-16H2,(H,27,30)(H,32,33). The summed E-state index contributed by atoms with van der Waals surface area (Å²) in [6.07, 6.45) is -0.586. The first-order valence-electron chi connectivity index (χ1n) is 11.0. The lowest BCUT2D eigenvalue weighted by atomic mass is 9.98. The lowest BCUT2D eigenvalue weighted by Crippen LogP contribution is -2.42. The molecule has 0 saturated carbocycles. The Balaban J connectivity index is 1.58. The zero-order valence-corrected chi connectivity index (χ0v) is 19.4. The summed E-state index contributed by atoms with van der Waals surface area (Å²) >= 11 is 6.04. The average molecular weight is 492 g/mol. The van der Waals surface area contributed by atoms with Gasteiger partial charge in [-0.15, -0.1) is 0 Å². The minimum absolute atomic E-state index is 0.0350. The Morgan fingerprint density at radius 1 is 1.12 bits per heavy atom. The van der Waals surface area contributed by atoms with Crippen molar-refractivity contribution < 1.29 is 28.6 Å². The molecular weight excluding hydrogens is 465 g/mol. The molecule has 34 heavy (non-hydrogen) atoms. The van der Waals surface area contributed by atoms with Gasteiger partial charge in [0.25, 0.3) is 0 Å². The van der Waals surface area contributed by atoms with Crippen LogP contribution in [0.25, 0.3) is 0 Å². The molecule has 2 amide bonds. The van der Waals surface area contributed by atoms with Crippen molar-refractivity contribution in [1.29, 1.82) is 0 Å². The number of hydrogen-bond donors (Lipinski definition) is 2. The molecule has 1 heterocycles. The Hall–Kier alpha value is -3.01. The molecule has 1 fully saturated rings. The van der Waals surface area contributed by atoms with Gasteiger partial charge < -0.3 is 15.2 Å². The van der Waals surface area contributed by atoms with E-state index in [2.05, 4.69) is 10.2 Å². The summed E-state index contributed by atoms with van der Waals surface area (Å²) < 4.78 is 19.4. The normalized spacial score (nSPS) is 13.9. The maximum atomic E-state index is 14.1. The Bertz CT molecular complexity index is 1030. The first-order chi connectivity index (χ1) is 16.3. The minimum Gasteiger partial charge on any atom is -0.465 e. The molecule has 0 spiro atoms. The van der Waals surface area contributed by atoms with Crippen LogP contribution in [0.5, 0.6) is 0 Å². The Morgan fingerprint density at radius 3 is 2.56 bits per heavy atom. The molecule has 8 nitrogen and oxygen atoms in total. The van der Waals surface area contributed by atoms with Crippen molar-refractivity contribution in [2.45, 2.75) is 13.0 Å². The number of nitrogens with zero attached hydrogens (tertiary/aromatic N) is 2. The second-order valence-corrected chi connectivity index (χ2v) is 8.34. The van der Waals surface area contributed by atoms with E-state index >= 15 is 0 Å². The molecule has 2 N–H and O–H groups in total. The molecule has 1 aliphatic rings. The summed E-state index contributed by atoms with van der Waals surface area (Å²) in [5.74, 6) is -1.72. The van der Waals surface area contributed by atoms with E-state index in [1.165, 1.54) is 24.3 Å². The topological polar surface area (TPSA) is 99.2 Å². The van der Waals surface area contributed by atoms with Gasteiger partial charge in [0.05, 0.1) is 18.8 Å². The van der Waals surface area contributed by atoms with Crippen LogP contribution in [0.2, 0.25) is 5.02 Å². The van der Waals surface area contributed by atoms with Crippen LogP contribution < -0.4 is 5.32 Å². The van der Waals surface area contributed by atoms with Crippen molar-refractivity contribution in [3.8, 4) is 0 Å². The molecule has 10 heteroatoms. The van der Waals surface area contributed by atoms with Gasteiger partial charge in [-0.25, -0.2) is 9.18 Å². The third kappa shape index (κ3) is 7.24. The van der Waals surface area contributed by atoms with E-state index in [9.17, 15) is 23.9 Å². The van der Waals surface area contributed by atoms with Crippen molar-refractivity contribution >= 4 is 29.4 Å². The molecule has 2 aromatic rings. The maximum Gasteiger partial charge on any atom is 0.407 e. The molecule has 0 unspecified atom stereocenters. The van der Waals surface area contributed by atoms with E-state index in [0.717, 1.165) is 24.5 Å². The van der Waals surface area contributed by atoms with Crippen LogP contribution in [-0.4, -0.2) is 78.6 Å². The maximum absolute atomic E-state index is 14.1. The number of morpholine rings is 1. The van der Waals surface area contributed by atoms with Crippen molar-refractivity contribution in [3.63, 3.8) is 0 Å². The second-order valence-electron chi connectivity index (χ2n) is 7.90. The van der Waals surface area contributed by atoms with Crippen LogP contribution >= 0.6 is 11.6 Å². The van der Waals surface area contributed by atoms with Crippen molar-refractivity contribution in [3.05, 3.63) is 70.0 Å². The third-order valence-electron chi connectivity index (χ3n) is 5.52. The monoisotopic (exact) mass is 491 g/mol. The highest BCUT2D eigenvalue weighted by atomic mass is 35.5. The number of ether oxygens (including phenoxy) is 1. The number of amides is 2. The summed E-state index contributed by atoms with van der Waals surface area (Å²) in [5.41, 5.74) is 0.508. The first kappa shape index (κ1) is 25.6. The zero-order valence-electron chi connectivity index (χ0n) is 18.6. The van der Waals surface area contributed by atoms with Gasteiger partial charge in [-0.05, 0) is 36.2 Å². The van der Waals surface area contributed by atoms with E-state index in [0.29, 0.717) is 30.2 Å². The van der Waals surface area contributed by atoms with Crippen LogP contribution in [0, 0.1) is 5.82 Å². The molecule has 2 aromatic carbocycles. The van der Waals surface area contributed by atoms with E-state index in [1.807, 2.05) is 0 Å². The largest absolute Gasteiger partial charge is 0.465 e. The van der Waals surface area contributed by atoms with Gasteiger partial charge in [0.15, 0.2) is 5.78 Å². The van der Waals surface area contributed by atoms with Gasteiger partial charge in [0.2, 0.25) is 5.91 Å². The zero-order chi connectivity index (χ0) is 24.5. The van der Waals surface area contributed by atoms with E-state index in [4.69, 9.17) is 16.3 Å². The number of hydrogen-bond acceptors (Lipinski definition) is 5.